The minimum absolute atomic E-state index is 0.0438. The molecule has 1 aliphatic heterocycles. The van der Waals surface area contributed by atoms with E-state index in [-0.39, 0.29) is 5.84 Å². The molecule has 0 saturated carbocycles. The fourth-order valence-electron chi connectivity index (χ4n) is 3.01. The largest absolute Gasteiger partial charge is 0.409 e. The zero-order valence-corrected chi connectivity index (χ0v) is 13.5. The quantitative estimate of drug-likeness (QED) is 0.387. The van der Waals surface area contributed by atoms with Crippen LogP contribution in [-0.2, 0) is 0 Å². The van der Waals surface area contributed by atoms with Gasteiger partial charge in [-0.05, 0) is 49.3 Å². The maximum atomic E-state index is 8.74. The van der Waals surface area contributed by atoms with Crippen LogP contribution in [0.25, 0.3) is 0 Å². The van der Waals surface area contributed by atoms with E-state index in [1.165, 1.54) is 19.3 Å². The van der Waals surface area contributed by atoms with Crippen molar-refractivity contribution in [2.75, 3.05) is 18.0 Å². The van der Waals surface area contributed by atoms with Crippen LogP contribution in [0.5, 0.6) is 0 Å². The Labute approximate surface area is 131 Å². The van der Waals surface area contributed by atoms with Crippen LogP contribution in [-0.4, -0.2) is 24.1 Å². The number of hydrogen-bond donors (Lipinski definition) is 2. The lowest BCUT2D eigenvalue weighted by Gasteiger charge is -2.24. The highest BCUT2D eigenvalue weighted by atomic mass is 35.5. The highest BCUT2D eigenvalue weighted by Crippen LogP contribution is 2.29. The molecule has 116 valence electrons. The minimum atomic E-state index is 0.0438. The molecule has 2 rings (SSSR count). The number of hydrogen-bond acceptors (Lipinski definition) is 3. The Morgan fingerprint density at radius 3 is 2.76 bits per heavy atom. The molecule has 1 atom stereocenters. The summed E-state index contributed by atoms with van der Waals surface area (Å²) in [5, 5.41) is 12.3. The molecule has 0 spiro atoms. The SMILES string of the molecule is CC(C)C1CCCN(c2ccc(C(N)=NO)c(Cl)c2)CC1. The Morgan fingerprint density at radius 1 is 1.38 bits per heavy atom. The van der Waals surface area contributed by atoms with Crippen molar-refractivity contribution in [2.45, 2.75) is 33.1 Å². The zero-order valence-electron chi connectivity index (χ0n) is 12.7. The van der Waals surface area contributed by atoms with Crippen molar-refractivity contribution in [1.82, 2.24) is 0 Å². The molecule has 5 heteroatoms. The molecule has 1 fully saturated rings. The van der Waals surface area contributed by atoms with Gasteiger partial charge in [0.2, 0.25) is 0 Å². The molecular weight excluding hydrogens is 286 g/mol. The van der Waals surface area contributed by atoms with Gasteiger partial charge >= 0.3 is 0 Å². The first-order valence-electron chi connectivity index (χ1n) is 7.55. The number of oxime groups is 1. The lowest BCUT2D eigenvalue weighted by atomic mass is 9.89. The number of nitrogens with two attached hydrogens (primary N) is 1. The molecule has 0 aliphatic carbocycles. The summed E-state index contributed by atoms with van der Waals surface area (Å²) in [6.45, 7) is 6.73. The van der Waals surface area contributed by atoms with E-state index in [9.17, 15) is 0 Å². The third-order valence-electron chi connectivity index (χ3n) is 4.42. The number of anilines is 1. The van der Waals surface area contributed by atoms with Gasteiger partial charge in [-0.1, -0.05) is 30.6 Å². The molecular formula is C16H24ClN3O. The summed E-state index contributed by atoms with van der Waals surface area (Å²) in [6, 6.07) is 5.72. The van der Waals surface area contributed by atoms with E-state index in [1.54, 1.807) is 0 Å². The summed E-state index contributed by atoms with van der Waals surface area (Å²) in [7, 11) is 0. The maximum Gasteiger partial charge on any atom is 0.171 e. The van der Waals surface area contributed by atoms with Gasteiger partial charge in [-0.15, -0.1) is 0 Å². The molecule has 1 aliphatic rings. The number of amidine groups is 1. The summed E-state index contributed by atoms with van der Waals surface area (Å²) in [4.78, 5) is 2.38. The van der Waals surface area contributed by atoms with Crippen LogP contribution in [0, 0.1) is 11.8 Å². The average molecular weight is 310 g/mol. The van der Waals surface area contributed by atoms with Crippen LogP contribution in [0.3, 0.4) is 0 Å². The minimum Gasteiger partial charge on any atom is -0.409 e. The van der Waals surface area contributed by atoms with Gasteiger partial charge in [0.25, 0.3) is 0 Å². The monoisotopic (exact) mass is 309 g/mol. The summed E-state index contributed by atoms with van der Waals surface area (Å²) in [5.74, 6) is 1.60. The first kappa shape index (κ1) is 16.0. The molecule has 1 aromatic rings. The van der Waals surface area contributed by atoms with Crippen LogP contribution in [0.1, 0.15) is 38.7 Å². The second-order valence-corrected chi connectivity index (χ2v) is 6.48. The van der Waals surface area contributed by atoms with Crippen LogP contribution in [0.2, 0.25) is 5.02 Å². The predicted molar refractivity (Wildman–Crippen MR) is 88.4 cm³/mol. The highest BCUT2D eigenvalue weighted by Gasteiger charge is 2.20. The van der Waals surface area contributed by atoms with Crippen molar-refractivity contribution in [3.05, 3.63) is 28.8 Å². The van der Waals surface area contributed by atoms with E-state index < -0.39 is 0 Å². The Hall–Kier alpha value is -1.42. The number of benzene rings is 1. The fourth-order valence-corrected chi connectivity index (χ4v) is 3.28. The zero-order chi connectivity index (χ0) is 15.4. The molecule has 1 aromatic carbocycles. The first-order chi connectivity index (χ1) is 10.0. The fraction of sp³-hybridized carbons (Fsp3) is 0.562. The number of rotatable bonds is 3. The second-order valence-electron chi connectivity index (χ2n) is 6.07. The molecule has 0 bridgehead atoms. The predicted octanol–water partition coefficient (Wildman–Crippen LogP) is 3.70. The molecule has 1 saturated heterocycles. The molecule has 4 nitrogen and oxygen atoms in total. The first-order valence-corrected chi connectivity index (χ1v) is 7.93. The summed E-state index contributed by atoms with van der Waals surface area (Å²) < 4.78 is 0. The van der Waals surface area contributed by atoms with Crippen LogP contribution in [0.15, 0.2) is 23.4 Å². The lowest BCUT2D eigenvalue weighted by molar-refractivity contribution is 0.318. The van der Waals surface area contributed by atoms with E-state index >= 15 is 0 Å². The maximum absolute atomic E-state index is 8.74. The average Bonchev–Trinajstić information content (AvgIpc) is 2.72. The third kappa shape index (κ3) is 3.82. The molecule has 0 amide bonds. The van der Waals surface area contributed by atoms with Crippen molar-refractivity contribution in [3.63, 3.8) is 0 Å². The Balaban J connectivity index is 2.13. The standard InChI is InChI=1S/C16H24ClN3O/c1-11(2)12-4-3-8-20(9-7-12)13-5-6-14(15(17)10-13)16(18)19-21/h5-6,10-12,21H,3-4,7-9H2,1-2H3,(H2,18,19). The van der Waals surface area contributed by atoms with Gasteiger partial charge in [-0.25, -0.2) is 0 Å². The van der Waals surface area contributed by atoms with Gasteiger partial charge in [0.15, 0.2) is 5.84 Å². The van der Waals surface area contributed by atoms with Gasteiger partial charge in [-0.3, -0.25) is 0 Å². The van der Waals surface area contributed by atoms with E-state index in [0.29, 0.717) is 10.6 Å². The van der Waals surface area contributed by atoms with Crippen molar-refractivity contribution in [2.24, 2.45) is 22.7 Å². The van der Waals surface area contributed by atoms with E-state index in [1.807, 2.05) is 18.2 Å². The Kier molecular flexibility index (Phi) is 5.34. The molecule has 21 heavy (non-hydrogen) atoms. The molecule has 0 aromatic heterocycles. The van der Waals surface area contributed by atoms with Crippen molar-refractivity contribution < 1.29 is 5.21 Å². The lowest BCUT2D eigenvalue weighted by Crippen LogP contribution is -2.24. The van der Waals surface area contributed by atoms with E-state index in [2.05, 4.69) is 23.9 Å². The smallest absolute Gasteiger partial charge is 0.171 e. The third-order valence-corrected chi connectivity index (χ3v) is 4.73. The van der Waals surface area contributed by atoms with E-state index in [0.717, 1.165) is 30.6 Å². The van der Waals surface area contributed by atoms with Crippen molar-refractivity contribution >= 4 is 23.1 Å². The van der Waals surface area contributed by atoms with Gasteiger partial charge in [0.1, 0.15) is 0 Å². The topological polar surface area (TPSA) is 61.8 Å². The summed E-state index contributed by atoms with van der Waals surface area (Å²) in [5.41, 5.74) is 7.28. The molecule has 1 unspecified atom stereocenters. The van der Waals surface area contributed by atoms with Crippen LogP contribution < -0.4 is 10.6 Å². The van der Waals surface area contributed by atoms with Crippen LogP contribution >= 0.6 is 11.6 Å². The highest BCUT2D eigenvalue weighted by molar-refractivity contribution is 6.34. The number of nitrogens with zero attached hydrogens (tertiary/aromatic N) is 2. The normalized spacial score (nSPS) is 20.7. The van der Waals surface area contributed by atoms with E-state index in [4.69, 9.17) is 22.5 Å². The number of halogens is 1. The summed E-state index contributed by atoms with van der Waals surface area (Å²) >= 11 is 6.24. The van der Waals surface area contributed by atoms with Crippen molar-refractivity contribution in [3.8, 4) is 0 Å². The van der Waals surface area contributed by atoms with Gasteiger partial charge in [0, 0.05) is 24.3 Å². The molecule has 0 radical (unpaired) electrons. The molecule has 1 heterocycles. The van der Waals surface area contributed by atoms with Crippen LogP contribution in [0.4, 0.5) is 5.69 Å². The van der Waals surface area contributed by atoms with Gasteiger partial charge in [-0.2, -0.15) is 0 Å². The molecule has 3 N–H and O–H groups in total. The Bertz CT molecular complexity index is 516. The summed E-state index contributed by atoms with van der Waals surface area (Å²) in [6.07, 6.45) is 3.73. The van der Waals surface area contributed by atoms with Gasteiger partial charge in [0.05, 0.1) is 5.02 Å². The van der Waals surface area contributed by atoms with Crippen molar-refractivity contribution in [1.29, 1.82) is 0 Å². The van der Waals surface area contributed by atoms with Gasteiger partial charge < -0.3 is 15.8 Å². The second kappa shape index (κ2) is 7.03. The Morgan fingerprint density at radius 2 is 2.14 bits per heavy atom.